The molecular weight excluding hydrogens is 498 g/mol. The standard InChI is InChI=1S/C24H29N7O5S/c1-15(23-25-12-17(34-4)13-26-23)16(2)37(32,33)14-21-27-28-24(18-10-11-30(3)29-18)31(21)22-19(35-5)8-7-9-20(22)36-6/h7-13,15-16H,14H2,1-6H3/t15-,16-/m1/s1. The number of nitrogens with zero attached hydrogens (tertiary/aromatic N) is 7. The summed E-state index contributed by atoms with van der Waals surface area (Å²) in [7, 11) is 2.60. The first-order valence-electron chi connectivity index (χ1n) is 11.4. The molecule has 2 atom stereocenters. The van der Waals surface area contributed by atoms with Crippen molar-refractivity contribution in [3.05, 3.63) is 54.5 Å². The van der Waals surface area contributed by atoms with E-state index < -0.39 is 26.8 Å². The molecule has 0 bridgehead atoms. The molecular formula is C24H29N7O5S. The summed E-state index contributed by atoms with van der Waals surface area (Å²) in [5, 5.41) is 12.2. The minimum absolute atomic E-state index is 0.193. The lowest BCUT2D eigenvalue weighted by atomic mass is 10.1. The van der Waals surface area contributed by atoms with Gasteiger partial charge in [0.2, 0.25) is 0 Å². The maximum atomic E-state index is 13.6. The van der Waals surface area contributed by atoms with Crippen LogP contribution < -0.4 is 14.2 Å². The molecule has 0 saturated carbocycles. The van der Waals surface area contributed by atoms with Gasteiger partial charge in [0.15, 0.2) is 27.2 Å². The number of hydrogen-bond donors (Lipinski definition) is 0. The highest BCUT2D eigenvalue weighted by Gasteiger charge is 2.33. The average Bonchev–Trinajstić information content (AvgIpc) is 3.52. The van der Waals surface area contributed by atoms with E-state index in [9.17, 15) is 8.42 Å². The van der Waals surface area contributed by atoms with Gasteiger partial charge in [-0.25, -0.2) is 18.4 Å². The third kappa shape index (κ3) is 5.12. The van der Waals surface area contributed by atoms with E-state index in [0.29, 0.717) is 40.3 Å². The highest BCUT2D eigenvalue weighted by atomic mass is 32.2. The van der Waals surface area contributed by atoms with E-state index in [4.69, 9.17) is 14.2 Å². The van der Waals surface area contributed by atoms with Crippen LogP contribution in [-0.4, -0.2) is 69.5 Å². The monoisotopic (exact) mass is 527 g/mol. The Morgan fingerprint density at radius 1 is 0.946 bits per heavy atom. The van der Waals surface area contributed by atoms with Gasteiger partial charge in [-0.1, -0.05) is 13.0 Å². The van der Waals surface area contributed by atoms with Gasteiger partial charge in [-0.05, 0) is 25.1 Å². The molecule has 3 aromatic heterocycles. The van der Waals surface area contributed by atoms with E-state index in [2.05, 4.69) is 25.3 Å². The number of aromatic nitrogens is 7. The molecule has 0 amide bonds. The van der Waals surface area contributed by atoms with Crippen LogP contribution in [0.2, 0.25) is 0 Å². The van der Waals surface area contributed by atoms with Crippen LogP contribution in [0.3, 0.4) is 0 Å². The van der Waals surface area contributed by atoms with Crippen LogP contribution in [0.15, 0.2) is 42.9 Å². The Hall–Kier alpha value is -4.00. The van der Waals surface area contributed by atoms with Crippen LogP contribution >= 0.6 is 0 Å². The van der Waals surface area contributed by atoms with E-state index in [0.717, 1.165) is 0 Å². The molecule has 3 heterocycles. The van der Waals surface area contributed by atoms with Gasteiger partial charge in [0.25, 0.3) is 0 Å². The van der Waals surface area contributed by atoms with Crippen molar-refractivity contribution in [3.8, 4) is 34.5 Å². The van der Waals surface area contributed by atoms with Gasteiger partial charge in [0.1, 0.15) is 34.5 Å². The Balaban J connectivity index is 1.79. The van der Waals surface area contributed by atoms with Crippen molar-refractivity contribution in [3.63, 3.8) is 0 Å². The second-order valence-electron chi connectivity index (χ2n) is 8.44. The maximum absolute atomic E-state index is 13.6. The lowest BCUT2D eigenvalue weighted by molar-refractivity contribution is 0.390. The molecule has 0 aliphatic heterocycles. The first-order valence-corrected chi connectivity index (χ1v) is 13.1. The number of methoxy groups -OCH3 is 3. The SMILES string of the molecule is COc1cnc([C@H](C)[C@@H](C)S(=O)(=O)Cc2nnc(-c3ccn(C)n3)n2-c2c(OC)cccc2OC)nc1. The first kappa shape index (κ1) is 26.1. The Morgan fingerprint density at radius 3 is 2.14 bits per heavy atom. The summed E-state index contributed by atoms with van der Waals surface area (Å²) in [4.78, 5) is 8.54. The molecule has 0 spiro atoms. The Morgan fingerprint density at radius 2 is 1.59 bits per heavy atom. The second-order valence-corrected chi connectivity index (χ2v) is 10.8. The molecule has 0 unspecified atom stereocenters. The molecule has 4 aromatic rings. The van der Waals surface area contributed by atoms with Crippen LogP contribution in [-0.2, 0) is 22.6 Å². The minimum Gasteiger partial charge on any atom is -0.494 e. The predicted molar refractivity (Wildman–Crippen MR) is 136 cm³/mol. The first-order chi connectivity index (χ1) is 17.7. The molecule has 12 nitrogen and oxygen atoms in total. The summed E-state index contributed by atoms with van der Waals surface area (Å²) in [6.07, 6.45) is 4.80. The van der Waals surface area contributed by atoms with Crippen LogP contribution in [0.5, 0.6) is 17.2 Å². The van der Waals surface area contributed by atoms with Crippen LogP contribution in [0.25, 0.3) is 17.2 Å². The fraction of sp³-hybridized carbons (Fsp3) is 0.375. The molecule has 0 saturated heterocycles. The fourth-order valence-electron chi connectivity index (χ4n) is 3.90. The van der Waals surface area contributed by atoms with Crippen molar-refractivity contribution < 1.29 is 22.6 Å². The molecule has 0 aliphatic carbocycles. The number of sulfone groups is 1. The highest BCUT2D eigenvalue weighted by Crippen LogP contribution is 2.36. The molecule has 4 rings (SSSR count). The normalized spacial score (nSPS) is 13.2. The summed E-state index contributed by atoms with van der Waals surface area (Å²) in [6.45, 7) is 3.41. The number of rotatable bonds is 10. The third-order valence-electron chi connectivity index (χ3n) is 6.19. The number of para-hydroxylation sites is 1. The maximum Gasteiger partial charge on any atom is 0.189 e. The average molecular weight is 528 g/mol. The Kier molecular flexibility index (Phi) is 7.43. The number of benzene rings is 1. The quantitative estimate of drug-likeness (QED) is 0.303. The zero-order valence-electron chi connectivity index (χ0n) is 21.5. The van der Waals surface area contributed by atoms with Crippen molar-refractivity contribution in [2.75, 3.05) is 21.3 Å². The molecule has 0 fully saturated rings. The van der Waals surface area contributed by atoms with Crippen molar-refractivity contribution >= 4 is 9.84 Å². The largest absolute Gasteiger partial charge is 0.494 e. The van der Waals surface area contributed by atoms with Gasteiger partial charge in [-0.3, -0.25) is 9.25 Å². The van der Waals surface area contributed by atoms with Crippen LogP contribution in [0.1, 0.15) is 31.4 Å². The van der Waals surface area contributed by atoms with Gasteiger partial charge >= 0.3 is 0 Å². The fourth-order valence-corrected chi connectivity index (χ4v) is 5.45. The van der Waals surface area contributed by atoms with Gasteiger partial charge in [-0.2, -0.15) is 5.10 Å². The summed E-state index contributed by atoms with van der Waals surface area (Å²) >= 11 is 0. The van der Waals surface area contributed by atoms with Gasteiger partial charge < -0.3 is 14.2 Å². The van der Waals surface area contributed by atoms with Crippen molar-refractivity contribution in [1.82, 2.24) is 34.5 Å². The smallest absolute Gasteiger partial charge is 0.189 e. The summed E-state index contributed by atoms with van der Waals surface area (Å²) in [5.41, 5.74) is 0.988. The molecule has 1 aromatic carbocycles. The predicted octanol–water partition coefficient (Wildman–Crippen LogP) is 2.59. The van der Waals surface area contributed by atoms with Crippen molar-refractivity contribution in [2.45, 2.75) is 30.8 Å². The van der Waals surface area contributed by atoms with Crippen LogP contribution in [0, 0.1) is 0 Å². The number of aryl methyl sites for hydroxylation is 1. The van der Waals surface area contributed by atoms with Crippen molar-refractivity contribution in [2.24, 2.45) is 7.05 Å². The third-order valence-corrected chi connectivity index (χ3v) is 8.39. The van der Waals surface area contributed by atoms with Crippen LogP contribution in [0.4, 0.5) is 0 Å². The van der Waals surface area contributed by atoms with Gasteiger partial charge in [0, 0.05) is 19.2 Å². The lowest BCUT2D eigenvalue weighted by Gasteiger charge is -2.20. The topological polar surface area (TPSA) is 136 Å². The molecule has 0 N–H and O–H groups in total. The second kappa shape index (κ2) is 10.5. The highest BCUT2D eigenvalue weighted by molar-refractivity contribution is 7.91. The van der Waals surface area contributed by atoms with Crippen molar-refractivity contribution in [1.29, 1.82) is 0 Å². The zero-order valence-corrected chi connectivity index (χ0v) is 22.3. The Bertz CT molecular complexity index is 1460. The van der Waals surface area contributed by atoms with E-state index in [-0.39, 0.29) is 5.82 Å². The zero-order chi connectivity index (χ0) is 26.7. The summed E-state index contributed by atoms with van der Waals surface area (Å²) in [5.74, 6) is 1.49. The van der Waals surface area contributed by atoms with Gasteiger partial charge in [0.05, 0.1) is 39.0 Å². The molecule has 13 heteroatoms. The lowest BCUT2D eigenvalue weighted by Crippen LogP contribution is -2.27. The minimum atomic E-state index is -3.75. The molecule has 37 heavy (non-hydrogen) atoms. The molecule has 0 aliphatic rings. The molecule has 196 valence electrons. The summed E-state index contributed by atoms with van der Waals surface area (Å²) < 4.78 is 46.8. The van der Waals surface area contributed by atoms with Gasteiger partial charge in [-0.15, -0.1) is 10.2 Å². The summed E-state index contributed by atoms with van der Waals surface area (Å²) in [6, 6.07) is 7.06. The van der Waals surface area contributed by atoms with E-state index >= 15 is 0 Å². The van der Waals surface area contributed by atoms with E-state index in [1.807, 2.05) is 0 Å². The van der Waals surface area contributed by atoms with E-state index in [1.54, 1.807) is 60.6 Å². The molecule has 0 radical (unpaired) electrons. The van der Waals surface area contributed by atoms with E-state index in [1.165, 1.54) is 33.7 Å². The number of hydrogen-bond acceptors (Lipinski definition) is 10. The Labute approximate surface area is 215 Å². The number of ether oxygens (including phenoxy) is 3.